The van der Waals surface area contributed by atoms with E-state index in [1.54, 1.807) is 14.2 Å². The van der Waals surface area contributed by atoms with Gasteiger partial charge in [0.1, 0.15) is 13.2 Å². The molecule has 6 rings (SSSR count). The summed E-state index contributed by atoms with van der Waals surface area (Å²) in [5, 5.41) is 4.44. The summed E-state index contributed by atoms with van der Waals surface area (Å²) in [5.74, 6) is -0.948. The van der Waals surface area contributed by atoms with Gasteiger partial charge in [0.2, 0.25) is 0 Å². The maximum atomic E-state index is 12.8. The van der Waals surface area contributed by atoms with Crippen molar-refractivity contribution in [1.29, 1.82) is 0 Å². The van der Waals surface area contributed by atoms with Crippen LogP contribution >= 0.6 is 22.7 Å². The Kier molecular flexibility index (Phi) is 8.87. The average molecular weight is 615 g/mol. The highest BCUT2D eigenvalue weighted by Crippen LogP contribution is 2.28. The molecule has 220 valence electrons. The third kappa shape index (κ3) is 6.08. The van der Waals surface area contributed by atoms with Crippen LogP contribution < -0.4 is 9.60 Å². The number of carbonyl (C=O) groups excluding carboxylic acids is 2. The van der Waals surface area contributed by atoms with Crippen molar-refractivity contribution in [2.45, 2.75) is 13.1 Å². The van der Waals surface area contributed by atoms with E-state index in [4.69, 9.17) is 14.2 Å². The summed E-state index contributed by atoms with van der Waals surface area (Å²) in [6, 6.07) is 24.5. The van der Waals surface area contributed by atoms with Crippen LogP contribution in [0.1, 0.15) is 0 Å². The zero-order valence-corrected chi connectivity index (χ0v) is 25.5. The molecule has 0 radical (unpaired) electrons. The Hall–Kier alpha value is -4.00. The molecule has 9 nitrogen and oxygen atoms in total. The molecule has 2 aromatic heterocycles. The van der Waals surface area contributed by atoms with Gasteiger partial charge in [-0.3, -0.25) is 9.59 Å². The number of benzene rings is 4. The van der Waals surface area contributed by atoms with Gasteiger partial charge in [-0.15, -0.1) is 0 Å². The number of ether oxygens (including phenoxy) is 3. The Morgan fingerprint density at radius 3 is 1.53 bits per heavy atom. The molecule has 2 amide bonds. The number of aromatic nitrogens is 2. The third-order valence-corrected chi connectivity index (χ3v) is 9.33. The number of methoxy groups -OCH3 is 2. The number of fused-ring (bicyclic) bond motifs is 6. The number of nitrogens with zero attached hydrogens (tertiary/aromatic N) is 4. The highest BCUT2D eigenvalue weighted by atomic mass is 32.1. The zero-order chi connectivity index (χ0) is 29.8. The molecular formula is C32H30N4O5S2. The van der Waals surface area contributed by atoms with E-state index in [2.05, 4.69) is 46.4 Å². The van der Waals surface area contributed by atoms with Crippen molar-refractivity contribution in [3.05, 3.63) is 82.4 Å². The molecule has 0 saturated carbocycles. The highest BCUT2D eigenvalue weighted by Gasteiger charge is 2.13. The summed E-state index contributed by atoms with van der Waals surface area (Å²) < 4.78 is 22.2. The fourth-order valence-electron chi connectivity index (χ4n) is 5.07. The Morgan fingerprint density at radius 2 is 1.09 bits per heavy atom. The molecule has 43 heavy (non-hydrogen) atoms. The first-order valence-corrected chi connectivity index (χ1v) is 15.4. The molecule has 2 heterocycles. The van der Waals surface area contributed by atoms with Crippen LogP contribution in [0.25, 0.3) is 42.0 Å². The summed E-state index contributed by atoms with van der Waals surface area (Å²) in [7, 11) is 3.28. The average Bonchev–Trinajstić information content (AvgIpc) is 3.56. The number of hydrogen-bond acceptors (Lipinski definition) is 7. The van der Waals surface area contributed by atoms with Gasteiger partial charge in [0.25, 0.3) is 11.8 Å². The van der Waals surface area contributed by atoms with E-state index in [0.717, 1.165) is 42.0 Å². The molecule has 11 heteroatoms. The molecule has 0 atom stereocenters. The SMILES string of the molecule is COCCn1c(=NC(=O)COCC(=O)N=c2sc3c4ccccc4ccc3n2CCOC)sc2c3ccccc3ccc21. The van der Waals surface area contributed by atoms with E-state index < -0.39 is 11.8 Å². The van der Waals surface area contributed by atoms with Crippen LogP contribution in [0, 0.1) is 0 Å². The molecule has 0 fully saturated rings. The molecule has 0 saturated heterocycles. The molecule has 0 aliphatic heterocycles. The predicted octanol–water partition coefficient (Wildman–Crippen LogP) is 4.89. The standard InChI is InChI=1S/C32H30N4O5S2/c1-39-17-15-35-25-13-11-21-7-3-5-9-23(21)29(25)42-31(35)33-27(37)19-41-20-28(38)34-32-36(16-18-40-2)26-14-12-22-8-4-6-10-24(22)30(26)43-32/h3-14H,15-20H2,1-2H3. The molecule has 0 N–H and O–H groups in total. The van der Waals surface area contributed by atoms with Crippen LogP contribution in [0.2, 0.25) is 0 Å². The predicted molar refractivity (Wildman–Crippen MR) is 170 cm³/mol. The fourth-order valence-corrected chi connectivity index (χ4v) is 7.49. The van der Waals surface area contributed by atoms with Crippen molar-refractivity contribution >= 4 is 76.5 Å². The number of thiazole rings is 2. The monoisotopic (exact) mass is 614 g/mol. The van der Waals surface area contributed by atoms with E-state index in [1.807, 2.05) is 45.5 Å². The van der Waals surface area contributed by atoms with Crippen molar-refractivity contribution in [1.82, 2.24) is 9.13 Å². The minimum absolute atomic E-state index is 0.332. The Bertz CT molecular complexity index is 1950. The van der Waals surface area contributed by atoms with Gasteiger partial charge in [-0.05, 0) is 22.9 Å². The van der Waals surface area contributed by atoms with Gasteiger partial charge in [-0.25, -0.2) is 0 Å². The quantitative estimate of drug-likeness (QED) is 0.219. The first-order chi connectivity index (χ1) is 21.1. The minimum atomic E-state index is -0.474. The molecule has 0 bridgehead atoms. The van der Waals surface area contributed by atoms with Crippen molar-refractivity contribution < 1.29 is 23.8 Å². The van der Waals surface area contributed by atoms with Crippen molar-refractivity contribution in [2.24, 2.45) is 9.98 Å². The number of hydrogen-bond donors (Lipinski definition) is 0. The maximum Gasteiger partial charge on any atom is 0.274 e. The summed E-state index contributed by atoms with van der Waals surface area (Å²) in [6.07, 6.45) is 0. The smallest absolute Gasteiger partial charge is 0.274 e. The molecule has 0 aliphatic rings. The Labute approximate surface area is 254 Å². The van der Waals surface area contributed by atoms with E-state index >= 15 is 0 Å². The maximum absolute atomic E-state index is 12.8. The van der Waals surface area contributed by atoms with Gasteiger partial charge >= 0.3 is 0 Å². The molecule has 0 spiro atoms. The van der Waals surface area contributed by atoms with Gasteiger partial charge in [0.15, 0.2) is 9.60 Å². The summed E-state index contributed by atoms with van der Waals surface area (Å²) in [6.45, 7) is 1.39. The van der Waals surface area contributed by atoms with Gasteiger partial charge in [0, 0.05) is 38.1 Å². The second-order valence-electron chi connectivity index (χ2n) is 9.83. The zero-order valence-electron chi connectivity index (χ0n) is 23.8. The van der Waals surface area contributed by atoms with Crippen LogP contribution in [0.15, 0.2) is 82.8 Å². The Balaban J connectivity index is 1.22. The number of rotatable bonds is 10. The Morgan fingerprint density at radius 1 is 0.651 bits per heavy atom. The summed E-state index contributed by atoms with van der Waals surface area (Å²) >= 11 is 2.90. The van der Waals surface area contributed by atoms with Gasteiger partial charge in [-0.1, -0.05) is 83.3 Å². The van der Waals surface area contributed by atoms with Gasteiger partial charge < -0.3 is 23.3 Å². The van der Waals surface area contributed by atoms with Gasteiger partial charge in [0.05, 0.1) is 33.6 Å². The van der Waals surface area contributed by atoms with Crippen molar-refractivity contribution in [3.8, 4) is 0 Å². The molecular weight excluding hydrogens is 585 g/mol. The lowest BCUT2D eigenvalue weighted by molar-refractivity contribution is -0.127. The number of amides is 2. The summed E-state index contributed by atoms with van der Waals surface area (Å²) in [4.78, 5) is 35.5. The van der Waals surface area contributed by atoms with Crippen LogP contribution in [-0.4, -0.2) is 61.6 Å². The lowest BCUT2D eigenvalue weighted by Gasteiger charge is -2.05. The fraction of sp³-hybridized carbons (Fsp3) is 0.250. The molecule has 0 aliphatic carbocycles. The molecule has 0 unspecified atom stereocenters. The second-order valence-corrected chi connectivity index (χ2v) is 11.8. The normalized spacial score (nSPS) is 12.8. The topological polar surface area (TPSA) is 96.4 Å². The van der Waals surface area contributed by atoms with Crippen LogP contribution in [0.5, 0.6) is 0 Å². The number of carbonyl (C=O) groups is 2. The van der Waals surface area contributed by atoms with Gasteiger partial charge in [-0.2, -0.15) is 9.98 Å². The lowest BCUT2D eigenvalue weighted by Crippen LogP contribution is -2.22. The summed E-state index contributed by atoms with van der Waals surface area (Å²) in [5.41, 5.74) is 1.97. The molecule has 4 aromatic carbocycles. The second kappa shape index (κ2) is 13.1. The first kappa shape index (κ1) is 29.1. The van der Waals surface area contributed by atoms with Crippen LogP contribution in [-0.2, 0) is 36.9 Å². The highest BCUT2D eigenvalue weighted by molar-refractivity contribution is 7.17. The van der Waals surface area contributed by atoms with Crippen LogP contribution in [0.3, 0.4) is 0 Å². The van der Waals surface area contributed by atoms with Crippen molar-refractivity contribution in [3.63, 3.8) is 0 Å². The van der Waals surface area contributed by atoms with E-state index in [1.165, 1.54) is 22.7 Å². The third-order valence-electron chi connectivity index (χ3n) is 7.08. The lowest BCUT2D eigenvalue weighted by atomic mass is 10.1. The van der Waals surface area contributed by atoms with E-state index in [9.17, 15) is 9.59 Å². The van der Waals surface area contributed by atoms with E-state index in [0.29, 0.717) is 35.9 Å². The van der Waals surface area contributed by atoms with Crippen LogP contribution in [0.4, 0.5) is 0 Å². The van der Waals surface area contributed by atoms with Crippen molar-refractivity contribution in [2.75, 3.05) is 40.6 Å². The first-order valence-electron chi connectivity index (χ1n) is 13.8. The largest absolute Gasteiger partial charge is 0.383 e. The minimum Gasteiger partial charge on any atom is -0.383 e. The molecule has 6 aromatic rings. The van der Waals surface area contributed by atoms with E-state index in [-0.39, 0.29) is 13.2 Å².